The molecule has 4 heteroatoms. The maximum absolute atomic E-state index is 12.2. The molecule has 1 heterocycles. The summed E-state index contributed by atoms with van der Waals surface area (Å²) in [7, 11) is 0. The Balaban J connectivity index is 2.26. The fraction of sp³-hybridized carbons (Fsp3) is 0.154. The van der Waals surface area contributed by atoms with Gasteiger partial charge in [-0.05, 0) is 27.6 Å². The second-order valence-corrected chi connectivity index (χ2v) is 6.24. The van der Waals surface area contributed by atoms with E-state index in [0.29, 0.717) is 9.21 Å². The van der Waals surface area contributed by atoms with Gasteiger partial charge in [-0.2, -0.15) is 0 Å². The second-order valence-electron chi connectivity index (χ2n) is 3.73. The lowest BCUT2D eigenvalue weighted by atomic mass is 9.96. The number of thiophene rings is 1. The standard InChI is InChI=1S/C13H10BrClOS/c1-8(9-5-3-2-4-6-9)12(16)11-7-10(14)13(15)17-11/h2-8H,1H3. The summed E-state index contributed by atoms with van der Waals surface area (Å²) in [6.07, 6.45) is 0. The van der Waals surface area contributed by atoms with Crippen LogP contribution in [-0.2, 0) is 0 Å². The quantitative estimate of drug-likeness (QED) is 0.712. The van der Waals surface area contributed by atoms with Gasteiger partial charge in [0.15, 0.2) is 5.78 Å². The van der Waals surface area contributed by atoms with Crippen molar-refractivity contribution in [2.24, 2.45) is 0 Å². The van der Waals surface area contributed by atoms with Crippen LogP contribution in [0.3, 0.4) is 0 Å². The smallest absolute Gasteiger partial charge is 0.180 e. The molecule has 0 amide bonds. The zero-order valence-electron chi connectivity index (χ0n) is 9.11. The molecule has 1 aromatic carbocycles. The van der Waals surface area contributed by atoms with Gasteiger partial charge in [-0.25, -0.2) is 0 Å². The minimum atomic E-state index is -0.141. The number of hydrogen-bond acceptors (Lipinski definition) is 2. The number of ketones is 1. The molecule has 17 heavy (non-hydrogen) atoms. The fourth-order valence-electron chi connectivity index (χ4n) is 1.57. The Morgan fingerprint density at radius 3 is 2.53 bits per heavy atom. The number of rotatable bonds is 3. The van der Waals surface area contributed by atoms with Gasteiger partial charge in [0.25, 0.3) is 0 Å². The summed E-state index contributed by atoms with van der Waals surface area (Å²) in [6.45, 7) is 1.92. The van der Waals surface area contributed by atoms with Crippen LogP contribution in [0.1, 0.15) is 28.1 Å². The maximum atomic E-state index is 12.2. The summed E-state index contributed by atoms with van der Waals surface area (Å²) in [5.74, 6) is -0.0355. The van der Waals surface area contributed by atoms with E-state index in [2.05, 4.69) is 15.9 Å². The average molecular weight is 330 g/mol. The number of carbonyl (C=O) groups excluding carboxylic acids is 1. The highest BCUT2D eigenvalue weighted by Crippen LogP contribution is 2.34. The van der Waals surface area contributed by atoms with Crippen molar-refractivity contribution >= 4 is 44.7 Å². The Kier molecular flexibility index (Phi) is 4.02. The molecular formula is C13H10BrClOS. The van der Waals surface area contributed by atoms with Crippen molar-refractivity contribution in [3.05, 3.63) is 55.6 Å². The lowest BCUT2D eigenvalue weighted by Crippen LogP contribution is -2.07. The van der Waals surface area contributed by atoms with Crippen molar-refractivity contribution in [2.45, 2.75) is 12.8 Å². The van der Waals surface area contributed by atoms with E-state index in [1.165, 1.54) is 11.3 Å². The van der Waals surface area contributed by atoms with Gasteiger partial charge >= 0.3 is 0 Å². The molecule has 0 aliphatic heterocycles. The van der Waals surface area contributed by atoms with Gasteiger partial charge in [0.05, 0.1) is 4.88 Å². The van der Waals surface area contributed by atoms with Gasteiger partial charge in [0.2, 0.25) is 0 Å². The highest BCUT2D eigenvalue weighted by molar-refractivity contribution is 9.10. The first-order valence-corrected chi connectivity index (χ1v) is 7.12. The first-order chi connectivity index (χ1) is 8.09. The molecule has 1 aromatic heterocycles. The van der Waals surface area contributed by atoms with E-state index < -0.39 is 0 Å². The Morgan fingerprint density at radius 1 is 1.35 bits per heavy atom. The molecule has 0 bridgehead atoms. The van der Waals surface area contributed by atoms with Crippen molar-refractivity contribution in [3.63, 3.8) is 0 Å². The predicted molar refractivity (Wildman–Crippen MR) is 76.2 cm³/mol. The molecule has 1 nitrogen and oxygen atoms in total. The molecule has 0 saturated carbocycles. The monoisotopic (exact) mass is 328 g/mol. The van der Waals surface area contributed by atoms with Crippen molar-refractivity contribution in [1.82, 2.24) is 0 Å². The highest BCUT2D eigenvalue weighted by Gasteiger charge is 2.19. The first-order valence-electron chi connectivity index (χ1n) is 5.13. The second kappa shape index (κ2) is 5.34. The molecule has 0 radical (unpaired) electrons. The third-order valence-corrected chi connectivity index (χ3v) is 5.07. The van der Waals surface area contributed by atoms with Crippen LogP contribution in [0, 0.1) is 0 Å². The van der Waals surface area contributed by atoms with E-state index in [-0.39, 0.29) is 11.7 Å². The van der Waals surface area contributed by atoms with Gasteiger partial charge in [0.1, 0.15) is 4.34 Å². The normalized spacial score (nSPS) is 12.4. The first kappa shape index (κ1) is 12.8. The van der Waals surface area contributed by atoms with E-state index in [4.69, 9.17) is 11.6 Å². The minimum absolute atomic E-state index is 0.105. The van der Waals surface area contributed by atoms with Crippen molar-refractivity contribution in [2.75, 3.05) is 0 Å². The molecule has 2 aromatic rings. The molecule has 1 unspecified atom stereocenters. The molecular weight excluding hydrogens is 320 g/mol. The van der Waals surface area contributed by atoms with E-state index in [1.54, 1.807) is 6.07 Å². The third kappa shape index (κ3) is 2.79. The van der Waals surface area contributed by atoms with Crippen LogP contribution in [0.25, 0.3) is 0 Å². The zero-order valence-corrected chi connectivity index (χ0v) is 12.3. The van der Waals surface area contributed by atoms with E-state index >= 15 is 0 Å². The number of hydrogen-bond donors (Lipinski definition) is 0. The van der Waals surface area contributed by atoms with Crippen molar-refractivity contribution < 1.29 is 4.79 Å². The van der Waals surface area contributed by atoms with Crippen molar-refractivity contribution in [3.8, 4) is 0 Å². The molecule has 0 N–H and O–H groups in total. The summed E-state index contributed by atoms with van der Waals surface area (Å²) in [5, 5.41) is 0. The van der Waals surface area contributed by atoms with Crippen LogP contribution in [0.2, 0.25) is 4.34 Å². The fourth-order valence-corrected chi connectivity index (χ4v) is 3.31. The van der Waals surface area contributed by atoms with Gasteiger partial charge in [-0.15, -0.1) is 11.3 Å². The molecule has 0 saturated heterocycles. The van der Waals surface area contributed by atoms with Crippen LogP contribution < -0.4 is 0 Å². The molecule has 0 aliphatic rings. The number of carbonyl (C=O) groups is 1. The van der Waals surface area contributed by atoms with Gasteiger partial charge in [-0.3, -0.25) is 4.79 Å². The Labute approximate surface area is 118 Å². The van der Waals surface area contributed by atoms with Gasteiger partial charge in [-0.1, -0.05) is 48.9 Å². The van der Waals surface area contributed by atoms with Gasteiger partial charge < -0.3 is 0 Å². The lowest BCUT2D eigenvalue weighted by Gasteiger charge is -2.08. The topological polar surface area (TPSA) is 17.1 Å². The molecule has 0 aliphatic carbocycles. The summed E-state index contributed by atoms with van der Waals surface area (Å²) in [5.41, 5.74) is 1.03. The summed E-state index contributed by atoms with van der Waals surface area (Å²) in [4.78, 5) is 12.9. The predicted octanol–water partition coefficient (Wildman–Crippen LogP) is 5.15. The third-order valence-electron chi connectivity index (χ3n) is 2.58. The van der Waals surface area contributed by atoms with E-state index in [0.717, 1.165) is 10.0 Å². The van der Waals surface area contributed by atoms with E-state index in [9.17, 15) is 4.79 Å². The molecule has 0 fully saturated rings. The SMILES string of the molecule is CC(C(=O)c1cc(Br)c(Cl)s1)c1ccccc1. The number of Topliss-reactive ketones (excluding diaryl/α,β-unsaturated/α-hetero) is 1. The molecule has 0 spiro atoms. The largest absolute Gasteiger partial charge is 0.293 e. The zero-order chi connectivity index (χ0) is 12.4. The minimum Gasteiger partial charge on any atom is -0.293 e. The molecule has 2 rings (SSSR count). The van der Waals surface area contributed by atoms with Crippen LogP contribution in [0.4, 0.5) is 0 Å². The highest BCUT2D eigenvalue weighted by atomic mass is 79.9. The summed E-state index contributed by atoms with van der Waals surface area (Å²) >= 11 is 10.6. The van der Waals surface area contributed by atoms with Crippen LogP contribution in [0.5, 0.6) is 0 Å². The van der Waals surface area contributed by atoms with E-state index in [1.807, 2.05) is 37.3 Å². The Bertz CT molecular complexity index is 516. The number of benzene rings is 1. The van der Waals surface area contributed by atoms with Crippen LogP contribution in [0.15, 0.2) is 40.9 Å². The number of halogens is 2. The maximum Gasteiger partial charge on any atom is 0.180 e. The van der Waals surface area contributed by atoms with Crippen LogP contribution in [-0.4, -0.2) is 5.78 Å². The van der Waals surface area contributed by atoms with Crippen LogP contribution >= 0.6 is 38.9 Å². The Hall–Kier alpha value is -0.640. The summed E-state index contributed by atoms with van der Waals surface area (Å²) < 4.78 is 1.40. The van der Waals surface area contributed by atoms with Crippen molar-refractivity contribution in [1.29, 1.82) is 0 Å². The molecule has 88 valence electrons. The molecule has 1 atom stereocenters. The lowest BCUT2D eigenvalue weighted by molar-refractivity contribution is 0.0970. The Morgan fingerprint density at radius 2 is 2.00 bits per heavy atom. The average Bonchev–Trinajstić information content (AvgIpc) is 2.69. The van der Waals surface area contributed by atoms with Gasteiger partial charge in [0, 0.05) is 10.4 Å². The summed E-state index contributed by atoms with van der Waals surface area (Å²) in [6, 6.07) is 11.5.